The molecule has 0 spiro atoms. The molecule has 4 atom stereocenters. The zero-order chi connectivity index (χ0) is 23.9. The van der Waals surface area contributed by atoms with Crippen molar-refractivity contribution in [2.24, 2.45) is 22.7 Å². The monoisotopic (exact) mass is 454 g/mol. The van der Waals surface area contributed by atoms with Gasteiger partial charge in [-0.15, -0.1) is 0 Å². The largest absolute Gasteiger partial charge is 0.458 e. The van der Waals surface area contributed by atoms with Crippen molar-refractivity contribution in [1.29, 1.82) is 0 Å². The Morgan fingerprint density at radius 2 is 1.91 bits per heavy atom. The number of aliphatic hydroxyl groups is 1. The summed E-state index contributed by atoms with van der Waals surface area (Å²) in [7, 11) is 0. The van der Waals surface area contributed by atoms with E-state index in [9.17, 15) is 9.90 Å². The van der Waals surface area contributed by atoms with Crippen LogP contribution in [0.25, 0.3) is 0 Å². The summed E-state index contributed by atoms with van der Waals surface area (Å²) in [5, 5.41) is 10.2. The lowest BCUT2D eigenvalue weighted by Gasteiger charge is -2.45. The Balaban J connectivity index is 1.46. The van der Waals surface area contributed by atoms with Crippen molar-refractivity contribution in [2.75, 3.05) is 0 Å². The molecule has 0 heterocycles. The molecule has 3 unspecified atom stereocenters. The average Bonchev–Trinajstić information content (AvgIpc) is 3.40. The molecule has 3 nitrogen and oxygen atoms in total. The fraction of sp³-hybridized carbons (Fsp3) is 0.767. The number of esters is 1. The first kappa shape index (κ1) is 24.8. The summed E-state index contributed by atoms with van der Waals surface area (Å²) in [6, 6.07) is 0. The molecule has 0 aromatic heterocycles. The lowest BCUT2D eigenvalue weighted by Crippen LogP contribution is -2.37. The van der Waals surface area contributed by atoms with Gasteiger partial charge in [-0.2, -0.15) is 0 Å². The predicted molar refractivity (Wildman–Crippen MR) is 135 cm³/mol. The van der Waals surface area contributed by atoms with Crippen molar-refractivity contribution in [3.05, 3.63) is 35.5 Å². The Bertz CT molecular complexity index is 822. The number of hydrogen-bond acceptors (Lipinski definition) is 3. The van der Waals surface area contributed by atoms with Crippen LogP contribution in [0.4, 0.5) is 0 Å². The van der Waals surface area contributed by atoms with Crippen molar-refractivity contribution >= 4 is 5.97 Å². The number of ether oxygens (including phenoxy) is 1. The fourth-order valence-corrected chi connectivity index (χ4v) is 7.80. The summed E-state index contributed by atoms with van der Waals surface area (Å²) in [5.41, 5.74) is 4.35. The molecule has 33 heavy (non-hydrogen) atoms. The quantitative estimate of drug-likeness (QED) is 0.406. The normalized spacial score (nSPS) is 36.2. The third kappa shape index (κ3) is 5.34. The Hall–Kier alpha value is -1.35. The zero-order valence-corrected chi connectivity index (χ0v) is 21.5. The standard InChI is InChI=1S/C30H46O3/c1-21-23(9-6-11-26(21)33-22(2)31)12-13-24-10-7-17-29(5)25(24)14-15-27(29)30(19-20-30)18-8-16-28(3,4)32/h12-13,25-27,32H,1,6-11,14-20H2,2-5H3/b23-12-,24-13+/t25?,26-,27?,29?/m0/s1. The number of rotatable bonds is 7. The van der Waals surface area contributed by atoms with E-state index in [0.29, 0.717) is 16.7 Å². The molecule has 4 fully saturated rings. The van der Waals surface area contributed by atoms with Crippen LogP contribution in [-0.4, -0.2) is 22.8 Å². The summed E-state index contributed by atoms with van der Waals surface area (Å²) in [6.07, 6.45) is 20.3. The topological polar surface area (TPSA) is 46.5 Å². The van der Waals surface area contributed by atoms with Gasteiger partial charge in [0.25, 0.3) is 0 Å². The summed E-state index contributed by atoms with van der Waals surface area (Å²) in [6.45, 7) is 12.3. The summed E-state index contributed by atoms with van der Waals surface area (Å²) >= 11 is 0. The van der Waals surface area contributed by atoms with E-state index in [1.807, 2.05) is 13.8 Å². The van der Waals surface area contributed by atoms with Crippen LogP contribution in [0, 0.1) is 22.7 Å². The van der Waals surface area contributed by atoms with Crippen molar-refractivity contribution in [1.82, 2.24) is 0 Å². The van der Waals surface area contributed by atoms with Crippen LogP contribution in [0.1, 0.15) is 111 Å². The fourth-order valence-electron chi connectivity index (χ4n) is 7.80. The van der Waals surface area contributed by atoms with Crippen LogP contribution < -0.4 is 0 Å². The van der Waals surface area contributed by atoms with Crippen molar-refractivity contribution in [2.45, 2.75) is 123 Å². The molecule has 0 aromatic rings. The van der Waals surface area contributed by atoms with Gasteiger partial charge in [-0.25, -0.2) is 0 Å². The number of carbonyl (C=O) groups is 1. The minimum atomic E-state index is -0.538. The molecular weight excluding hydrogens is 408 g/mol. The van der Waals surface area contributed by atoms with Gasteiger partial charge in [-0.1, -0.05) is 37.6 Å². The Morgan fingerprint density at radius 3 is 2.58 bits per heavy atom. The molecule has 4 rings (SSSR count). The molecule has 4 aliphatic carbocycles. The highest BCUT2D eigenvalue weighted by molar-refractivity contribution is 5.66. The van der Waals surface area contributed by atoms with Crippen LogP contribution in [-0.2, 0) is 9.53 Å². The van der Waals surface area contributed by atoms with Gasteiger partial charge >= 0.3 is 5.97 Å². The SMILES string of the molecule is C=C1/C(=C\C=C2/CCCC3(C)C2CCC3C2(CCCC(C)(C)O)CC2)CCC[C@@H]1OC(C)=O. The van der Waals surface area contributed by atoms with Crippen molar-refractivity contribution in [3.63, 3.8) is 0 Å². The van der Waals surface area contributed by atoms with E-state index in [0.717, 1.165) is 43.6 Å². The zero-order valence-electron chi connectivity index (χ0n) is 21.5. The maximum atomic E-state index is 11.5. The van der Waals surface area contributed by atoms with Crippen LogP contribution in [0.5, 0.6) is 0 Å². The van der Waals surface area contributed by atoms with Gasteiger partial charge in [0.05, 0.1) is 5.60 Å². The molecule has 0 aromatic carbocycles. The second-order valence-electron chi connectivity index (χ2n) is 12.5. The van der Waals surface area contributed by atoms with Gasteiger partial charge < -0.3 is 9.84 Å². The van der Waals surface area contributed by atoms with E-state index in [2.05, 4.69) is 25.7 Å². The Labute approximate surface area is 201 Å². The van der Waals surface area contributed by atoms with Crippen LogP contribution in [0.3, 0.4) is 0 Å². The number of carbonyl (C=O) groups excluding carboxylic acids is 1. The maximum Gasteiger partial charge on any atom is 0.303 e. The second-order valence-corrected chi connectivity index (χ2v) is 12.5. The molecule has 3 heteroatoms. The highest BCUT2D eigenvalue weighted by atomic mass is 16.5. The molecule has 0 bridgehead atoms. The molecule has 4 saturated carbocycles. The molecule has 0 radical (unpaired) electrons. The van der Waals surface area contributed by atoms with Crippen LogP contribution in [0.2, 0.25) is 0 Å². The summed E-state index contributed by atoms with van der Waals surface area (Å²) in [5.74, 6) is 1.34. The second kappa shape index (κ2) is 9.36. The highest BCUT2D eigenvalue weighted by Crippen LogP contribution is 2.70. The van der Waals surface area contributed by atoms with E-state index in [1.54, 1.807) is 5.57 Å². The van der Waals surface area contributed by atoms with Crippen molar-refractivity contribution in [3.8, 4) is 0 Å². The number of allylic oxidation sites excluding steroid dienone is 3. The van der Waals surface area contributed by atoms with E-state index >= 15 is 0 Å². The lowest BCUT2D eigenvalue weighted by molar-refractivity contribution is -0.145. The van der Waals surface area contributed by atoms with E-state index in [4.69, 9.17) is 4.74 Å². The molecular formula is C30H46O3. The van der Waals surface area contributed by atoms with Gasteiger partial charge in [-0.05, 0) is 125 Å². The van der Waals surface area contributed by atoms with Gasteiger partial charge in [0.1, 0.15) is 6.10 Å². The number of hydrogen-bond donors (Lipinski definition) is 1. The molecule has 0 saturated heterocycles. The Kier molecular flexibility index (Phi) is 7.03. The average molecular weight is 455 g/mol. The van der Waals surface area contributed by atoms with Crippen molar-refractivity contribution < 1.29 is 14.6 Å². The summed E-state index contributed by atoms with van der Waals surface area (Å²) in [4.78, 5) is 11.5. The minimum Gasteiger partial charge on any atom is -0.458 e. The van der Waals surface area contributed by atoms with Gasteiger partial charge in [0, 0.05) is 6.92 Å². The Morgan fingerprint density at radius 1 is 1.15 bits per heavy atom. The van der Waals surface area contributed by atoms with Crippen LogP contribution >= 0.6 is 0 Å². The van der Waals surface area contributed by atoms with E-state index in [-0.39, 0.29) is 12.1 Å². The lowest BCUT2D eigenvalue weighted by atomic mass is 9.59. The van der Waals surface area contributed by atoms with Gasteiger partial charge in [-0.3, -0.25) is 4.79 Å². The summed E-state index contributed by atoms with van der Waals surface area (Å²) < 4.78 is 5.51. The molecule has 1 N–H and O–H groups in total. The first-order chi connectivity index (χ1) is 15.5. The van der Waals surface area contributed by atoms with Gasteiger partial charge in [0.15, 0.2) is 0 Å². The molecule has 0 amide bonds. The van der Waals surface area contributed by atoms with E-state index < -0.39 is 5.60 Å². The third-order valence-electron chi connectivity index (χ3n) is 9.58. The molecule has 0 aliphatic heterocycles. The first-order valence-corrected chi connectivity index (χ1v) is 13.5. The predicted octanol–water partition coefficient (Wildman–Crippen LogP) is 7.45. The first-order valence-electron chi connectivity index (χ1n) is 13.5. The van der Waals surface area contributed by atoms with Gasteiger partial charge in [0.2, 0.25) is 0 Å². The smallest absolute Gasteiger partial charge is 0.303 e. The highest BCUT2D eigenvalue weighted by Gasteiger charge is 2.60. The number of fused-ring (bicyclic) bond motifs is 1. The molecule has 4 aliphatic rings. The van der Waals surface area contributed by atoms with Crippen LogP contribution in [0.15, 0.2) is 35.5 Å². The van der Waals surface area contributed by atoms with E-state index in [1.165, 1.54) is 63.9 Å². The third-order valence-corrected chi connectivity index (χ3v) is 9.58. The molecule has 184 valence electrons. The minimum absolute atomic E-state index is 0.146. The maximum absolute atomic E-state index is 11.5.